The van der Waals surface area contributed by atoms with Gasteiger partial charge in [0.15, 0.2) is 0 Å². The van der Waals surface area contributed by atoms with Gasteiger partial charge in [0.2, 0.25) is 0 Å². The molecule has 188 valence electrons. The van der Waals surface area contributed by atoms with Crippen LogP contribution in [0, 0.1) is 59.2 Å². The molecule has 6 aliphatic rings. The molecule has 0 saturated heterocycles. The molecule has 1 nitrogen and oxygen atoms in total. The number of rotatable bonds is 3. The van der Waals surface area contributed by atoms with Crippen molar-refractivity contribution < 1.29 is 5.11 Å². The zero-order valence-electron chi connectivity index (χ0n) is 21.6. The summed E-state index contributed by atoms with van der Waals surface area (Å²) in [5.41, 5.74) is 0. The number of aliphatic hydroxyl groups is 1. The molecule has 4 unspecified atom stereocenters. The van der Waals surface area contributed by atoms with Crippen molar-refractivity contribution in [2.75, 3.05) is 0 Å². The van der Waals surface area contributed by atoms with Crippen LogP contribution >= 0.6 is 0 Å². The highest BCUT2D eigenvalue weighted by atomic mass is 16.3. The minimum atomic E-state index is 0.0170. The van der Waals surface area contributed by atoms with Gasteiger partial charge in [-0.2, -0.15) is 0 Å². The maximum Gasteiger partial charge on any atom is 0.0540 e. The largest absolute Gasteiger partial charge is 0.393 e. The minimum Gasteiger partial charge on any atom is -0.393 e. The fourth-order valence-electron chi connectivity index (χ4n) is 11.4. The maximum atomic E-state index is 9.97. The zero-order chi connectivity index (χ0) is 22.2. The third-order valence-electron chi connectivity index (χ3n) is 12.7. The van der Waals surface area contributed by atoms with E-state index in [-0.39, 0.29) is 6.10 Å². The Hall–Kier alpha value is -0.0400. The second kappa shape index (κ2) is 10.5. The van der Waals surface area contributed by atoms with Crippen LogP contribution in [0.5, 0.6) is 0 Å². The lowest BCUT2D eigenvalue weighted by Crippen LogP contribution is -2.53. The maximum absolute atomic E-state index is 9.97. The van der Waals surface area contributed by atoms with Gasteiger partial charge in [0.05, 0.1) is 6.10 Å². The Labute approximate surface area is 205 Å². The van der Waals surface area contributed by atoms with Gasteiger partial charge >= 0.3 is 0 Å². The van der Waals surface area contributed by atoms with Crippen LogP contribution in [0.25, 0.3) is 0 Å². The SMILES string of the molecule is OC1CCC(C2CCC(C3C4CCCCC4C(C4CCCCC4)C4CCCCC43)CC2)CC1. The number of aliphatic hydroxyl groups excluding tert-OH is 1. The Morgan fingerprint density at radius 1 is 0.303 bits per heavy atom. The topological polar surface area (TPSA) is 20.2 Å². The molecule has 6 saturated carbocycles. The number of hydrogen-bond acceptors (Lipinski definition) is 1. The van der Waals surface area contributed by atoms with Crippen molar-refractivity contribution in [2.24, 2.45) is 59.2 Å². The normalized spacial score (nSPS) is 49.7. The van der Waals surface area contributed by atoms with Crippen LogP contribution < -0.4 is 0 Å². The van der Waals surface area contributed by atoms with E-state index in [0.717, 1.165) is 72.0 Å². The van der Waals surface area contributed by atoms with Gasteiger partial charge in [-0.05, 0) is 136 Å². The Bertz CT molecular complexity index is 582. The quantitative estimate of drug-likeness (QED) is 0.452. The average Bonchev–Trinajstić information content (AvgIpc) is 2.88. The summed E-state index contributed by atoms with van der Waals surface area (Å²) in [6.45, 7) is 0. The highest BCUT2D eigenvalue weighted by Gasteiger charge is 2.54. The molecule has 0 spiro atoms. The van der Waals surface area contributed by atoms with Gasteiger partial charge in [0, 0.05) is 0 Å². The van der Waals surface area contributed by atoms with Crippen LogP contribution in [0.15, 0.2) is 0 Å². The molecular formula is C32H54O. The molecule has 0 bridgehead atoms. The molecule has 0 aromatic heterocycles. The summed E-state index contributed by atoms with van der Waals surface area (Å²) in [5, 5.41) is 9.97. The first-order chi connectivity index (χ1) is 16.3. The summed E-state index contributed by atoms with van der Waals surface area (Å²) in [4.78, 5) is 0. The monoisotopic (exact) mass is 454 g/mol. The standard InChI is InChI=1S/C32H54O/c33-26-20-18-23(19-21-26)22-14-16-25(17-15-22)32-29-12-6-4-10-27(29)31(24-8-2-1-3-9-24)28-11-5-7-13-30(28)32/h22-33H,1-21H2. The van der Waals surface area contributed by atoms with E-state index in [1.165, 1.54) is 32.1 Å². The summed E-state index contributed by atoms with van der Waals surface area (Å²) in [5.74, 6) is 10.8. The first kappa shape index (κ1) is 23.4. The molecule has 0 aromatic carbocycles. The first-order valence-electron chi connectivity index (χ1n) is 16.0. The molecule has 6 rings (SSSR count). The van der Waals surface area contributed by atoms with Gasteiger partial charge in [0.25, 0.3) is 0 Å². The van der Waals surface area contributed by atoms with E-state index in [2.05, 4.69) is 0 Å². The van der Waals surface area contributed by atoms with Crippen molar-refractivity contribution in [3.8, 4) is 0 Å². The zero-order valence-corrected chi connectivity index (χ0v) is 21.6. The van der Waals surface area contributed by atoms with E-state index < -0.39 is 0 Å². The van der Waals surface area contributed by atoms with E-state index in [4.69, 9.17) is 0 Å². The Morgan fingerprint density at radius 2 is 0.636 bits per heavy atom. The van der Waals surface area contributed by atoms with Crippen LogP contribution in [-0.2, 0) is 0 Å². The molecule has 0 amide bonds. The molecule has 4 atom stereocenters. The van der Waals surface area contributed by atoms with Crippen molar-refractivity contribution in [3.63, 3.8) is 0 Å². The van der Waals surface area contributed by atoms with Crippen molar-refractivity contribution in [3.05, 3.63) is 0 Å². The molecular weight excluding hydrogens is 400 g/mol. The van der Waals surface area contributed by atoms with Gasteiger partial charge in [-0.3, -0.25) is 0 Å². The van der Waals surface area contributed by atoms with Crippen LogP contribution in [0.1, 0.15) is 135 Å². The molecule has 0 heterocycles. The fourth-order valence-corrected chi connectivity index (χ4v) is 11.4. The highest BCUT2D eigenvalue weighted by molar-refractivity contribution is 5.03. The minimum absolute atomic E-state index is 0.0170. The molecule has 1 N–H and O–H groups in total. The summed E-state index contributed by atoms with van der Waals surface area (Å²) in [6, 6.07) is 0. The summed E-state index contributed by atoms with van der Waals surface area (Å²) >= 11 is 0. The predicted molar refractivity (Wildman–Crippen MR) is 138 cm³/mol. The molecule has 6 aliphatic carbocycles. The fraction of sp³-hybridized carbons (Fsp3) is 1.00. The Kier molecular flexibility index (Phi) is 7.45. The molecule has 0 aromatic rings. The van der Waals surface area contributed by atoms with Gasteiger partial charge < -0.3 is 5.11 Å². The number of hydrogen-bond donors (Lipinski definition) is 1. The molecule has 33 heavy (non-hydrogen) atoms. The van der Waals surface area contributed by atoms with Crippen molar-refractivity contribution in [2.45, 2.75) is 141 Å². The second-order valence-corrected chi connectivity index (χ2v) is 14.0. The predicted octanol–water partition coefficient (Wildman–Crippen LogP) is 8.78. The molecule has 0 aliphatic heterocycles. The van der Waals surface area contributed by atoms with Crippen LogP contribution in [-0.4, -0.2) is 11.2 Å². The van der Waals surface area contributed by atoms with E-state index in [1.54, 1.807) is 89.9 Å². The third kappa shape index (κ3) is 4.72. The summed E-state index contributed by atoms with van der Waals surface area (Å²) in [6.07, 6.45) is 31.4. The van der Waals surface area contributed by atoms with Crippen LogP contribution in [0.2, 0.25) is 0 Å². The lowest BCUT2D eigenvalue weighted by atomic mass is 9.45. The number of fused-ring (bicyclic) bond motifs is 2. The lowest BCUT2D eigenvalue weighted by molar-refractivity contribution is -0.114. The molecule has 1 heteroatoms. The Morgan fingerprint density at radius 3 is 1.09 bits per heavy atom. The van der Waals surface area contributed by atoms with E-state index in [9.17, 15) is 5.11 Å². The third-order valence-corrected chi connectivity index (χ3v) is 12.7. The van der Waals surface area contributed by atoms with E-state index in [1.807, 2.05) is 0 Å². The Balaban J connectivity index is 1.19. The average molecular weight is 455 g/mol. The summed E-state index contributed by atoms with van der Waals surface area (Å²) < 4.78 is 0. The van der Waals surface area contributed by atoms with Crippen LogP contribution in [0.3, 0.4) is 0 Å². The van der Waals surface area contributed by atoms with Crippen molar-refractivity contribution >= 4 is 0 Å². The molecule has 0 radical (unpaired) electrons. The van der Waals surface area contributed by atoms with Gasteiger partial charge in [-0.25, -0.2) is 0 Å². The smallest absolute Gasteiger partial charge is 0.0540 e. The highest BCUT2D eigenvalue weighted by Crippen LogP contribution is 2.62. The second-order valence-electron chi connectivity index (χ2n) is 14.0. The van der Waals surface area contributed by atoms with E-state index in [0.29, 0.717) is 0 Å². The van der Waals surface area contributed by atoms with Crippen molar-refractivity contribution in [1.29, 1.82) is 0 Å². The van der Waals surface area contributed by atoms with E-state index >= 15 is 0 Å². The van der Waals surface area contributed by atoms with Crippen molar-refractivity contribution in [1.82, 2.24) is 0 Å². The summed E-state index contributed by atoms with van der Waals surface area (Å²) in [7, 11) is 0. The van der Waals surface area contributed by atoms with Gasteiger partial charge in [-0.1, -0.05) is 57.8 Å². The van der Waals surface area contributed by atoms with Gasteiger partial charge in [-0.15, -0.1) is 0 Å². The van der Waals surface area contributed by atoms with Crippen LogP contribution in [0.4, 0.5) is 0 Å². The van der Waals surface area contributed by atoms with Gasteiger partial charge in [0.1, 0.15) is 0 Å². The molecule has 6 fully saturated rings. The first-order valence-corrected chi connectivity index (χ1v) is 16.0. The lowest BCUT2D eigenvalue weighted by Gasteiger charge is -2.60.